The van der Waals surface area contributed by atoms with E-state index >= 15 is 0 Å². The van der Waals surface area contributed by atoms with E-state index in [2.05, 4.69) is 0 Å². The van der Waals surface area contributed by atoms with Gasteiger partial charge in [0.1, 0.15) is 0 Å². The molecular weight excluding hydrogens is 161 g/mol. The van der Waals surface area contributed by atoms with E-state index in [0.717, 1.165) is 6.07 Å². The number of benzene rings is 1. The van der Waals surface area contributed by atoms with Gasteiger partial charge in [-0.05, 0) is 12.0 Å². The van der Waals surface area contributed by atoms with Crippen LogP contribution in [0.25, 0.3) is 0 Å². The topological polar surface area (TPSA) is 43.1 Å². The van der Waals surface area contributed by atoms with Crippen LogP contribution < -0.4 is 0 Å². The Labute approximate surface area is 69.0 Å². The number of nitro benzene ring substituents is 1. The van der Waals surface area contributed by atoms with E-state index in [0.29, 0.717) is 12.0 Å². The Morgan fingerprint density at radius 1 is 1.58 bits per heavy atom. The first-order valence-electron chi connectivity index (χ1n) is 3.58. The third-order valence-corrected chi connectivity index (χ3v) is 1.64. The quantitative estimate of drug-likeness (QED) is 0.503. The highest BCUT2D eigenvalue weighted by molar-refractivity contribution is 5.36. The van der Waals surface area contributed by atoms with Crippen LogP contribution >= 0.6 is 0 Å². The third kappa shape index (κ3) is 1.42. The Morgan fingerprint density at radius 2 is 2.25 bits per heavy atom. The van der Waals surface area contributed by atoms with Gasteiger partial charge >= 0.3 is 5.69 Å². The lowest BCUT2D eigenvalue weighted by molar-refractivity contribution is -0.387. The van der Waals surface area contributed by atoms with Crippen LogP contribution in [-0.4, -0.2) is 4.92 Å². The standard InChI is InChI=1S/C8H8FNO2/c1-2-6-4-3-5-7(8(6)9)10(11)12/h3-5H,2H2,1H3. The summed E-state index contributed by atoms with van der Waals surface area (Å²) in [6.07, 6.45) is 0.466. The molecule has 12 heavy (non-hydrogen) atoms. The van der Waals surface area contributed by atoms with Crippen LogP contribution in [0, 0.1) is 15.9 Å². The molecule has 4 heteroatoms. The molecule has 0 N–H and O–H groups in total. The summed E-state index contributed by atoms with van der Waals surface area (Å²) in [6, 6.07) is 4.19. The zero-order chi connectivity index (χ0) is 9.14. The molecule has 3 nitrogen and oxygen atoms in total. The van der Waals surface area contributed by atoms with Crippen molar-refractivity contribution in [3.8, 4) is 0 Å². The number of halogens is 1. The van der Waals surface area contributed by atoms with Crippen LogP contribution in [0.5, 0.6) is 0 Å². The molecule has 0 amide bonds. The van der Waals surface area contributed by atoms with Gasteiger partial charge in [0.25, 0.3) is 0 Å². The van der Waals surface area contributed by atoms with Gasteiger partial charge in [-0.25, -0.2) is 0 Å². The molecule has 0 heterocycles. The molecule has 0 saturated carbocycles. The van der Waals surface area contributed by atoms with Crippen LogP contribution in [0.15, 0.2) is 18.2 Å². The Bertz CT molecular complexity index is 312. The van der Waals surface area contributed by atoms with Crippen molar-refractivity contribution in [2.75, 3.05) is 0 Å². The molecule has 0 unspecified atom stereocenters. The maximum Gasteiger partial charge on any atom is 0.305 e. The molecule has 0 saturated heterocycles. The van der Waals surface area contributed by atoms with Crippen LogP contribution in [0.4, 0.5) is 10.1 Å². The molecule has 1 aromatic carbocycles. The molecule has 0 aliphatic rings. The van der Waals surface area contributed by atoms with Gasteiger partial charge in [0.2, 0.25) is 5.82 Å². The van der Waals surface area contributed by atoms with Gasteiger partial charge in [0.15, 0.2) is 0 Å². The minimum absolute atomic E-state index is 0.379. The van der Waals surface area contributed by atoms with E-state index in [-0.39, 0.29) is 0 Å². The van der Waals surface area contributed by atoms with Crippen molar-refractivity contribution < 1.29 is 9.31 Å². The van der Waals surface area contributed by atoms with E-state index in [1.165, 1.54) is 6.07 Å². The molecule has 64 valence electrons. The van der Waals surface area contributed by atoms with Crippen molar-refractivity contribution in [1.82, 2.24) is 0 Å². The predicted molar refractivity (Wildman–Crippen MR) is 42.4 cm³/mol. The first-order chi connectivity index (χ1) is 5.66. The lowest BCUT2D eigenvalue weighted by Gasteiger charge is -1.98. The number of nitrogens with zero attached hydrogens (tertiary/aromatic N) is 1. The number of aryl methyl sites for hydroxylation is 1. The number of nitro groups is 1. The smallest absolute Gasteiger partial charge is 0.258 e. The maximum atomic E-state index is 13.1. The summed E-state index contributed by atoms with van der Waals surface area (Å²) in [7, 11) is 0. The summed E-state index contributed by atoms with van der Waals surface area (Å²) in [4.78, 5) is 9.54. The van der Waals surface area contributed by atoms with Gasteiger partial charge in [-0.3, -0.25) is 10.1 Å². The van der Waals surface area contributed by atoms with Gasteiger partial charge in [0.05, 0.1) is 4.92 Å². The first-order valence-corrected chi connectivity index (χ1v) is 3.58. The van der Waals surface area contributed by atoms with Crippen molar-refractivity contribution in [2.24, 2.45) is 0 Å². The Balaban J connectivity index is 3.23. The fourth-order valence-electron chi connectivity index (χ4n) is 0.980. The number of rotatable bonds is 2. The van der Waals surface area contributed by atoms with Gasteiger partial charge in [-0.15, -0.1) is 0 Å². The molecule has 0 radical (unpaired) electrons. The van der Waals surface area contributed by atoms with Crippen LogP contribution in [0.3, 0.4) is 0 Å². The van der Waals surface area contributed by atoms with Gasteiger partial charge in [0, 0.05) is 6.07 Å². The summed E-state index contributed by atoms with van der Waals surface area (Å²) in [5.74, 6) is -0.718. The average molecular weight is 169 g/mol. The molecular formula is C8H8FNO2. The molecule has 1 aromatic rings. The second-order valence-electron chi connectivity index (χ2n) is 2.36. The van der Waals surface area contributed by atoms with Crippen molar-refractivity contribution in [1.29, 1.82) is 0 Å². The fourth-order valence-corrected chi connectivity index (χ4v) is 0.980. The van der Waals surface area contributed by atoms with Gasteiger partial charge in [-0.2, -0.15) is 4.39 Å². The summed E-state index contributed by atoms with van der Waals surface area (Å²) < 4.78 is 13.1. The van der Waals surface area contributed by atoms with Crippen molar-refractivity contribution in [2.45, 2.75) is 13.3 Å². The van der Waals surface area contributed by atoms with Crippen molar-refractivity contribution >= 4 is 5.69 Å². The van der Waals surface area contributed by atoms with E-state index in [1.54, 1.807) is 13.0 Å². The summed E-state index contributed by atoms with van der Waals surface area (Å²) >= 11 is 0. The van der Waals surface area contributed by atoms with E-state index in [9.17, 15) is 14.5 Å². The highest BCUT2D eigenvalue weighted by Gasteiger charge is 2.15. The summed E-state index contributed by atoms with van der Waals surface area (Å²) in [6.45, 7) is 1.75. The largest absolute Gasteiger partial charge is 0.305 e. The minimum Gasteiger partial charge on any atom is -0.258 e. The minimum atomic E-state index is -0.718. The average Bonchev–Trinajstić information content (AvgIpc) is 2.04. The van der Waals surface area contributed by atoms with Crippen LogP contribution in [0.2, 0.25) is 0 Å². The highest BCUT2D eigenvalue weighted by atomic mass is 19.1. The zero-order valence-corrected chi connectivity index (χ0v) is 6.58. The van der Waals surface area contributed by atoms with Gasteiger partial charge < -0.3 is 0 Å². The molecule has 0 atom stereocenters. The molecule has 0 spiro atoms. The molecule has 1 rings (SSSR count). The van der Waals surface area contributed by atoms with Gasteiger partial charge in [-0.1, -0.05) is 19.1 Å². The molecule has 0 aromatic heterocycles. The summed E-state index contributed by atoms with van der Waals surface area (Å²) in [5.41, 5.74) is -0.0708. The lowest BCUT2D eigenvalue weighted by Crippen LogP contribution is -1.95. The highest BCUT2D eigenvalue weighted by Crippen LogP contribution is 2.19. The first kappa shape index (κ1) is 8.64. The molecule has 0 fully saturated rings. The molecule has 0 aliphatic carbocycles. The monoisotopic (exact) mass is 169 g/mol. The lowest BCUT2D eigenvalue weighted by atomic mass is 10.1. The van der Waals surface area contributed by atoms with Crippen LogP contribution in [-0.2, 0) is 6.42 Å². The van der Waals surface area contributed by atoms with Crippen molar-refractivity contribution in [3.63, 3.8) is 0 Å². The normalized spacial score (nSPS) is 9.83. The zero-order valence-electron chi connectivity index (χ0n) is 6.58. The summed E-state index contributed by atoms with van der Waals surface area (Å²) in [5, 5.41) is 10.3. The number of hydrogen-bond acceptors (Lipinski definition) is 2. The Hall–Kier alpha value is -1.45. The second kappa shape index (κ2) is 3.30. The SMILES string of the molecule is CCc1cccc([N+](=O)[O-])c1F. The van der Waals surface area contributed by atoms with Crippen LogP contribution in [0.1, 0.15) is 12.5 Å². The Kier molecular flexibility index (Phi) is 2.38. The Morgan fingerprint density at radius 3 is 2.75 bits per heavy atom. The fraction of sp³-hybridized carbons (Fsp3) is 0.250. The van der Waals surface area contributed by atoms with E-state index in [1.807, 2.05) is 0 Å². The number of hydrogen-bond donors (Lipinski definition) is 0. The molecule has 0 aliphatic heterocycles. The second-order valence-corrected chi connectivity index (χ2v) is 2.36. The molecule has 0 bridgehead atoms. The van der Waals surface area contributed by atoms with E-state index < -0.39 is 16.4 Å². The van der Waals surface area contributed by atoms with Crippen molar-refractivity contribution in [3.05, 3.63) is 39.7 Å². The predicted octanol–water partition coefficient (Wildman–Crippen LogP) is 2.30. The third-order valence-electron chi connectivity index (χ3n) is 1.64. The van der Waals surface area contributed by atoms with E-state index in [4.69, 9.17) is 0 Å². The maximum absolute atomic E-state index is 13.1.